The van der Waals surface area contributed by atoms with Crippen LogP contribution in [0.25, 0.3) is 0 Å². The van der Waals surface area contributed by atoms with E-state index >= 15 is 0 Å². The standard InChI is InChI=1S/C37H43N9O4/c1-24-31(17-40-46(24)30-20-43(21-30)29-12-13-29)34(47)41-28-10-6-25(7-11-28)16-39-35(48)33-38-18-32-37(22-50-23-37)44(14-15-45(32)33)19-26-4-8-27(9-5-26)36(49)42(2)3/h4-11,17-18,29-30H,12-16,19-23H2,1-3H3,(H,39,48)(H,41,47). The Morgan fingerprint density at radius 1 is 0.920 bits per heavy atom. The minimum atomic E-state index is -0.353. The normalized spacial score (nSPS) is 18.6. The summed E-state index contributed by atoms with van der Waals surface area (Å²) in [5.74, 6) is -0.0511. The van der Waals surface area contributed by atoms with Gasteiger partial charge in [-0.1, -0.05) is 24.3 Å². The lowest BCUT2D eigenvalue weighted by Gasteiger charge is -2.52. The number of benzene rings is 2. The van der Waals surface area contributed by atoms with Gasteiger partial charge in [-0.3, -0.25) is 28.9 Å². The highest BCUT2D eigenvalue weighted by Gasteiger charge is 2.50. The maximum Gasteiger partial charge on any atom is 0.287 e. The number of fused-ring (bicyclic) bond motifs is 2. The van der Waals surface area contributed by atoms with E-state index in [-0.39, 0.29) is 23.3 Å². The zero-order valence-corrected chi connectivity index (χ0v) is 28.8. The number of aromatic nitrogens is 4. The van der Waals surface area contributed by atoms with Crippen molar-refractivity contribution in [2.75, 3.05) is 52.3 Å². The van der Waals surface area contributed by atoms with Crippen LogP contribution >= 0.6 is 0 Å². The lowest BCUT2D eigenvalue weighted by Crippen LogP contribution is -2.63. The quantitative estimate of drug-likeness (QED) is 0.262. The molecule has 2 aromatic carbocycles. The largest absolute Gasteiger partial charge is 0.377 e. The maximum atomic E-state index is 13.4. The van der Waals surface area contributed by atoms with Gasteiger partial charge in [-0.05, 0) is 55.2 Å². The number of hydrogen-bond acceptors (Lipinski definition) is 8. The number of ether oxygens (including phenoxy) is 1. The van der Waals surface area contributed by atoms with Crippen molar-refractivity contribution >= 4 is 23.4 Å². The summed E-state index contributed by atoms with van der Waals surface area (Å²) in [4.78, 5) is 49.8. The molecule has 8 rings (SSSR count). The van der Waals surface area contributed by atoms with Crippen molar-refractivity contribution in [2.45, 2.75) is 57.0 Å². The van der Waals surface area contributed by atoms with Crippen LogP contribution in [-0.4, -0.2) is 105 Å². The van der Waals surface area contributed by atoms with Gasteiger partial charge in [0.2, 0.25) is 0 Å². The molecule has 3 amide bonds. The van der Waals surface area contributed by atoms with Crippen molar-refractivity contribution in [3.63, 3.8) is 0 Å². The summed E-state index contributed by atoms with van der Waals surface area (Å²) in [6, 6.07) is 16.3. The fourth-order valence-electron chi connectivity index (χ4n) is 7.40. The smallest absolute Gasteiger partial charge is 0.287 e. The molecule has 0 bridgehead atoms. The first kappa shape index (κ1) is 32.4. The number of rotatable bonds is 10. The van der Waals surface area contributed by atoms with Crippen LogP contribution < -0.4 is 10.6 Å². The summed E-state index contributed by atoms with van der Waals surface area (Å²) in [6.45, 7) is 7.41. The van der Waals surface area contributed by atoms with E-state index in [0.29, 0.717) is 61.5 Å². The van der Waals surface area contributed by atoms with Crippen LogP contribution in [0.15, 0.2) is 60.9 Å². The Hall–Kier alpha value is -4.85. The average molecular weight is 678 g/mol. The molecule has 4 aromatic rings. The van der Waals surface area contributed by atoms with Gasteiger partial charge in [-0.2, -0.15) is 5.10 Å². The van der Waals surface area contributed by atoms with E-state index in [1.165, 1.54) is 12.8 Å². The molecule has 1 saturated carbocycles. The van der Waals surface area contributed by atoms with Crippen molar-refractivity contribution in [3.8, 4) is 0 Å². The molecular formula is C37H43N9O4. The van der Waals surface area contributed by atoms with Crippen molar-refractivity contribution in [2.24, 2.45) is 0 Å². The number of imidazole rings is 1. The van der Waals surface area contributed by atoms with Gasteiger partial charge in [0.1, 0.15) is 5.54 Å². The number of carbonyl (C=O) groups is 3. The minimum Gasteiger partial charge on any atom is -0.377 e. The number of anilines is 1. The molecule has 5 heterocycles. The second-order valence-electron chi connectivity index (χ2n) is 14.2. The molecule has 13 nitrogen and oxygen atoms in total. The van der Waals surface area contributed by atoms with E-state index in [9.17, 15) is 14.4 Å². The fourth-order valence-corrected chi connectivity index (χ4v) is 7.40. The van der Waals surface area contributed by atoms with Gasteiger partial charge in [0, 0.05) is 76.4 Å². The first-order chi connectivity index (χ1) is 24.2. The van der Waals surface area contributed by atoms with E-state index in [1.807, 2.05) is 64.7 Å². The molecular weight excluding hydrogens is 634 g/mol. The Kier molecular flexibility index (Phi) is 8.28. The highest BCUT2D eigenvalue weighted by atomic mass is 16.5. The molecule has 0 unspecified atom stereocenters. The highest BCUT2D eigenvalue weighted by Crippen LogP contribution is 2.40. The molecule has 3 fully saturated rings. The van der Waals surface area contributed by atoms with E-state index in [4.69, 9.17) is 4.74 Å². The van der Waals surface area contributed by atoms with E-state index in [2.05, 4.69) is 30.5 Å². The Bertz CT molecular complexity index is 1920. The number of hydrogen-bond donors (Lipinski definition) is 2. The molecule has 1 aliphatic carbocycles. The molecule has 50 heavy (non-hydrogen) atoms. The van der Waals surface area contributed by atoms with Gasteiger partial charge in [0.05, 0.1) is 42.9 Å². The third-order valence-corrected chi connectivity index (χ3v) is 10.7. The van der Waals surface area contributed by atoms with E-state index < -0.39 is 0 Å². The lowest BCUT2D eigenvalue weighted by atomic mass is 9.88. The Morgan fingerprint density at radius 2 is 1.64 bits per heavy atom. The first-order valence-corrected chi connectivity index (χ1v) is 17.4. The molecule has 0 radical (unpaired) electrons. The molecule has 4 aliphatic rings. The summed E-state index contributed by atoms with van der Waals surface area (Å²) >= 11 is 0. The minimum absolute atomic E-state index is 0.0206. The third-order valence-electron chi connectivity index (χ3n) is 10.7. The number of carbonyl (C=O) groups excluding carboxylic acids is 3. The van der Waals surface area contributed by atoms with Gasteiger partial charge >= 0.3 is 0 Å². The maximum absolute atomic E-state index is 13.4. The summed E-state index contributed by atoms with van der Waals surface area (Å²) in [6.07, 6.45) is 6.07. The van der Waals surface area contributed by atoms with E-state index in [0.717, 1.165) is 48.2 Å². The van der Waals surface area contributed by atoms with Crippen LogP contribution in [0.4, 0.5) is 5.69 Å². The summed E-state index contributed by atoms with van der Waals surface area (Å²) in [7, 11) is 3.50. The Balaban J connectivity index is 0.864. The second kappa shape index (κ2) is 12.8. The van der Waals surface area contributed by atoms with Gasteiger partial charge in [-0.25, -0.2) is 4.98 Å². The van der Waals surface area contributed by atoms with Crippen molar-refractivity contribution < 1.29 is 19.1 Å². The second-order valence-corrected chi connectivity index (χ2v) is 14.2. The molecule has 13 heteroatoms. The van der Waals surface area contributed by atoms with Gasteiger partial charge in [-0.15, -0.1) is 0 Å². The van der Waals surface area contributed by atoms with Gasteiger partial charge in [0.25, 0.3) is 17.7 Å². The SMILES string of the molecule is Cc1c(C(=O)Nc2ccc(CNC(=O)c3ncc4n3CCN(Cc3ccc(C(=O)N(C)C)cc3)C43COC3)cc2)cnn1C1CN(C2CC2)C1. The molecule has 2 N–H and O–H groups in total. The predicted octanol–water partition coefficient (Wildman–Crippen LogP) is 3.03. The molecule has 260 valence electrons. The monoisotopic (exact) mass is 677 g/mol. The van der Waals surface area contributed by atoms with Crippen molar-refractivity contribution in [1.82, 2.24) is 39.3 Å². The number of nitrogens with zero attached hydrogens (tertiary/aromatic N) is 7. The highest BCUT2D eigenvalue weighted by molar-refractivity contribution is 6.04. The van der Waals surface area contributed by atoms with Crippen LogP contribution in [0.2, 0.25) is 0 Å². The number of likely N-dealkylation sites (tertiary alicyclic amines) is 1. The Morgan fingerprint density at radius 3 is 2.30 bits per heavy atom. The molecule has 1 spiro atoms. The predicted molar refractivity (Wildman–Crippen MR) is 186 cm³/mol. The van der Waals surface area contributed by atoms with Crippen LogP contribution in [0.1, 0.15) is 72.7 Å². The van der Waals surface area contributed by atoms with Crippen LogP contribution in [0.5, 0.6) is 0 Å². The zero-order chi connectivity index (χ0) is 34.6. The summed E-state index contributed by atoms with van der Waals surface area (Å²) in [5, 5.41) is 10.5. The topological polar surface area (TPSA) is 130 Å². The lowest BCUT2D eigenvalue weighted by molar-refractivity contribution is -0.162. The molecule has 2 aromatic heterocycles. The van der Waals surface area contributed by atoms with Gasteiger partial charge in [0.15, 0.2) is 5.82 Å². The average Bonchev–Trinajstić information content (AvgIpc) is 3.70. The van der Waals surface area contributed by atoms with Gasteiger partial charge < -0.3 is 24.8 Å². The third kappa shape index (κ3) is 5.88. The summed E-state index contributed by atoms with van der Waals surface area (Å²) < 4.78 is 9.73. The number of amides is 3. The van der Waals surface area contributed by atoms with Crippen LogP contribution in [0, 0.1) is 6.92 Å². The van der Waals surface area contributed by atoms with Crippen molar-refractivity contribution in [3.05, 3.63) is 100 Å². The number of nitrogens with one attached hydrogen (secondary N) is 2. The summed E-state index contributed by atoms with van der Waals surface area (Å²) in [5.41, 5.74) is 5.45. The molecule has 0 atom stereocenters. The van der Waals surface area contributed by atoms with E-state index in [1.54, 1.807) is 31.4 Å². The Labute approximate surface area is 291 Å². The molecule has 3 aliphatic heterocycles. The fraction of sp³-hybridized carbons (Fsp3) is 0.432. The van der Waals surface area contributed by atoms with Crippen LogP contribution in [-0.2, 0) is 29.9 Å². The van der Waals surface area contributed by atoms with Crippen LogP contribution in [0.3, 0.4) is 0 Å². The first-order valence-electron chi connectivity index (χ1n) is 17.4. The molecule has 2 saturated heterocycles. The van der Waals surface area contributed by atoms with Crippen molar-refractivity contribution in [1.29, 1.82) is 0 Å². The zero-order valence-electron chi connectivity index (χ0n) is 28.8.